The lowest BCUT2D eigenvalue weighted by atomic mass is 9.82. The molecule has 0 aromatic carbocycles. The normalized spacial score (nSPS) is 16.5. The Labute approximate surface area is 239 Å². The van der Waals surface area contributed by atoms with Crippen LogP contribution in [0.5, 0.6) is 5.88 Å². The second-order valence-corrected chi connectivity index (χ2v) is 13.4. The molecule has 0 N–H and O–H groups in total. The smallest absolute Gasteiger partial charge is 0.340 e. The van der Waals surface area contributed by atoms with Crippen molar-refractivity contribution in [1.82, 2.24) is 9.97 Å². The van der Waals surface area contributed by atoms with E-state index in [1.165, 1.54) is 0 Å². The summed E-state index contributed by atoms with van der Waals surface area (Å²) in [5.41, 5.74) is 3.68. The maximum Gasteiger partial charge on any atom is 0.340 e. The zero-order chi connectivity index (χ0) is 29.1. The number of hydrogen-bond acceptors (Lipinski definition) is 7. The fraction of sp³-hybridized carbons (Fsp3) is 0.645. The number of ether oxygens (including phenoxy) is 3. The van der Waals surface area contributed by atoms with Crippen molar-refractivity contribution in [2.45, 2.75) is 99.9 Å². The Morgan fingerprint density at radius 1 is 1.10 bits per heavy atom. The number of piperidine rings is 1. The number of rotatable bonds is 9. The highest BCUT2D eigenvalue weighted by Gasteiger charge is 2.37. The van der Waals surface area contributed by atoms with Crippen molar-refractivity contribution in [3.63, 3.8) is 0 Å². The first kappa shape index (κ1) is 31.2. The van der Waals surface area contributed by atoms with Gasteiger partial charge in [0.25, 0.3) is 0 Å². The highest BCUT2D eigenvalue weighted by Crippen LogP contribution is 2.44. The van der Waals surface area contributed by atoms with Crippen LogP contribution in [0.25, 0.3) is 11.1 Å². The van der Waals surface area contributed by atoms with Crippen LogP contribution in [-0.2, 0) is 14.3 Å². The maximum atomic E-state index is 13.6. The topological polar surface area (TPSA) is 73.8 Å². The third-order valence-electron chi connectivity index (χ3n) is 6.69. The van der Waals surface area contributed by atoms with E-state index >= 15 is 0 Å². The number of carbonyl (C=O) groups is 1. The van der Waals surface area contributed by atoms with E-state index in [1.807, 2.05) is 53.8 Å². The van der Waals surface area contributed by atoms with Crippen molar-refractivity contribution >= 4 is 23.3 Å². The molecule has 0 bridgehead atoms. The molecule has 3 heterocycles. The molecule has 1 aliphatic rings. The molecule has 216 valence electrons. The summed E-state index contributed by atoms with van der Waals surface area (Å²) < 4.78 is 17.9. The lowest BCUT2D eigenvalue weighted by molar-refractivity contribution is -0.171. The predicted octanol–water partition coefficient (Wildman–Crippen LogP) is 7.57. The van der Waals surface area contributed by atoms with Gasteiger partial charge in [0.2, 0.25) is 5.88 Å². The number of aromatic nitrogens is 2. The molecular weight excluding hydrogens is 514 g/mol. The van der Waals surface area contributed by atoms with E-state index in [0.717, 1.165) is 54.0 Å². The van der Waals surface area contributed by atoms with Gasteiger partial charge in [-0.2, -0.15) is 0 Å². The molecule has 2 aromatic rings. The zero-order valence-electron chi connectivity index (χ0n) is 25.4. The quantitative estimate of drug-likeness (QED) is 0.293. The lowest BCUT2D eigenvalue weighted by Crippen LogP contribution is -2.39. The van der Waals surface area contributed by atoms with Gasteiger partial charge in [0.05, 0.1) is 24.0 Å². The molecule has 2 aromatic heterocycles. The van der Waals surface area contributed by atoms with Gasteiger partial charge < -0.3 is 19.1 Å². The summed E-state index contributed by atoms with van der Waals surface area (Å²) in [5, 5.41) is 0.433. The van der Waals surface area contributed by atoms with Gasteiger partial charge in [-0.05, 0) is 71.8 Å². The SMILES string of the molecule is Cc1ncc(-c2cnc(OCC(C)C)c(Cl)c2)c(N2CCC(C)(C)CC2)c1C(OC(C)(C)C)C(=O)OC(C)C. The first-order valence-electron chi connectivity index (χ1n) is 14.0. The average molecular weight is 560 g/mol. The van der Waals surface area contributed by atoms with E-state index in [2.05, 4.69) is 37.6 Å². The molecule has 1 atom stereocenters. The third-order valence-corrected chi connectivity index (χ3v) is 6.96. The number of hydrogen-bond donors (Lipinski definition) is 0. The molecule has 0 aliphatic carbocycles. The van der Waals surface area contributed by atoms with Crippen LogP contribution in [0.15, 0.2) is 18.5 Å². The van der Waals surface area contributed by atoms with Crippen LogP contribution in [0.1, 0.15) is 92.5 Å². The van der Waals surface area contributed by atoms with Crippen LogP contribution < -0.4 is 9.64 Å². The van der Waals surface area contributed by atoms with Crippen LogP contribution in [0.2, 0.25) is 5.02 Å². The van der Waals surface area contributed by atoms with Gasteiger partial charge in [0.15, 0.2) is 6.10 Å². The Morgan fingerprint density at radius 3 is 2.28 bits per heavy atom. The van der Waals surface area contributed by atoms with Gasteiger partial charge in [-0.3, -0.25) is 4.98 Å². The fourth-order valence-corrected chi connectivity index (χ4v) is 4.83. The van der Waals surface area contributed by atoms with Gasteiger partial charge in [0.1, 0.15) is 5.02 Å². The summed E-state index contributed by atoms with van der Waals surface area (Å²) in [6, 6.07) is 1.86. The molecule has 1 saturated heterocycles. The number of carbonyl (C=O) groups excluding carboxylic acids is 1. The lowest BCUT2D eigenvalue weighted by Gasteiger charge is -2.41. The predicted molar refractivity (Wildman–Crippen MR) is 158 cm³/mol. The van der Waals surface area contributed by atoms with Crippen molar-refractivity contribution < 1.29 is 19.0 Å². The van der Waals surface area contributed by atoms with Crippen molar-refractivity contribution in [2.24, 2.45) is 11.3 Å². The molecule has 7 nitrogen and oxygen atoms in total. The van der Waals surface area contributed by atoms with Gasteiger partial charge >= 0.3 is 5.97 Å². The second-order valence-electron chi connectivity index (χ2n) is 13.0. The largest absolute Gasteiger partial charge is 0.476 e. The van der Waals surface area contributed by atoms with Crippen LogP contribution in [-0.4, -0.2) is 47.3 Å². The van der Waals surface area contributed by atoms with Gasteiger partial charge in [0, 0.05) is 47.9 Å². The molecule has 3 rings (SSSR count). The van der Waals surface area contributed by atoms with Crippen LogP contribution in [0.3, 0.4) is 0 Å². The zero-order valence-corrected chi connectivity index (χ0v) is 26.1. The van der Waals surface area contributed by atoms with E-state index in [-0.39, 0.29) is 11.5 Å². The monoisotopic (exact) mass is 559 g/mol. The number of pyridine rings is 2. The Hall–Kier alpha value is -2.38. The van der Waals surface area contributed by atoms with E-state index in [4.69, 9.17) is 30.8 Å². The summed E-state index contributed by atoms with van der Waals surface area (Å²) in [7, 11) is 0. The number of aryl methyl sites for hydroxylation is 1. The molecule has 39 heavy (non-hydrogen) atoms. The van der Waals surface area contributed by atoms with E-state index in [1.54, 1.807) is 6.20 Å². The molecular formula is C31H46ClN3O4. The van der Waals surface area contributed by atoms with Gasteiger partial charge in [-0.1, -0.05) is 39.3 Å². The molecule has 0 amide bonds. The molecule has 0 radical (unpaired) electrons. The Balaban J connectivity index is 2.21. The fourth-order valence-electron chi connectivity index (χ4n) is 4.61. The number of halogens is 1. The Bertz CT molecular complexity index is 1150. The molecule has 0 spiro atoms. The van der Waals surface area contributed by atoms with E-state index in [9.17, 15) is 4.79 Å². The summed E-state index contributed by atoms with van der Waals surface area (Å²) in [5.74, 6) is 0.339. The first-order chi connectivity index (χ1) is 18.1. The van der Waals surface area contributed by atoms with Crippen molar-refractivity contribution in [3.8, 4) is 17.0 Å². The van der Waals surface area contributed by atoms with Gasteiger partial charge in [-0.15, -0.1) is 0 Å². The Kier molecular flexibility index (Phi) is 9.92. The van der Waals surface area contributed by atoms with E-state index < -0.39 is 17.7 Å². The van der Waals surface area contributed by atoms with Gasteiger partial charge in [-0.25, -0.2) is 9.78 Å². The van der Waals surface area contributed by atoms with Crippen molar-refractivity contribution in [2.75, 3.05) is 24.6 Å². The summed E-state index contributed by atoms with van der Waals surface area (Å²) in [6.45, 7) is 22.4. The second kappa shape index (κ2) is 12.4. The summed E-state index contributed by atoms with van der Waals surface area (Å²) in [6.07, 6.45) is 4.44. The number of nitrogens with zero attached hydrogens (tertiary/aromatic N) is 3. The maximum absolute atomic E-state index is 13.6. The molecule has 0 saturated carbocycles. The highest BCUT2D eigenvalue weighted by molar-refractivity contribution is 6.32. The minimum Gasteiger partial charge on any atom is -0.476 e. The third kappa shape index (κ3) is 8.31. The average Bonchev–Trinajstić information content (AvgIpc) is 2.81. The minimum atomic E-state index is -0.943. The highest BCUT2D eigenvalue weighted by atomic mass is 35.5. The summed E-state index contributed by atoms with van der Waals surface area (Å²) >= 11 is 6.65. The number of anilines is 1. The van der Waals surface area contributed by atoms with Crippen molar-refractivity contribution in [3.05, 3.63) is 34.7 Å². The molecule has 1 fully saturated rings. The number of esters is 1. The minimum absolute atomic E-state index is 0.247. The van der Waals surface area contributed by atoms with Crippen molar-refractivity contribution in [1.29, 1.82) is 0 Å². The van der Waals surface area contributed by atoms with Crippen LogP contribution in [0.4, 0.5) is 5.69 Å². The molecule has 8 heteroatoms. The molecule has 1 unspecified atom stereocenters. The first-order valence-corrected chi connectivity index (χ1v) is 14.4. The standard InChI is InChI=1S/C31H46ClN3O4/c1-19(2)18-37-28-24(32)15-22(16-34-28)23-17-33-21(5)25(26(23)35-13-11-31(9,10)12-14-35)27(39-30(6,7)8)29(36)38-20(3)4/h15-17,19-20,27H,11-14,18H2,1-10H3. The van der Waals surface area contributed by atoms with E-state index in [0.29, 0.717) is 23.4 Å². The Morgan fingerprint density at radius 2 is 1.74 bits per heavy atom. The molecule has 1 aliphatic heterocycles. The van der Waals surface area contributed by atoms with Crippen LogP contribution >= 0.6 is 11.6 Å². The van der Waals surface area contributed by atoms with Crippen LogP contribution in [0, 0.1) is 18.3 Å². The summed E-state index contributed by atoms with van der Waals surface area (Å²) in [4.78, 5) is 25.2.